The minimum absolute atomic E-state index is 0.187. The minimum Gasteiger partial charge on any atom is -0.322 e. The van der Waals surface area contributed by atoms with Crippen LogP contribution in [-0.4, -0.2) is 31.7 Å². The van der Waals surface area contributed by atoms with Gasteiger partial charge in [0.25, 0.3) is 5.91 Å². The number of rotatable bonds is 5. The average molecular weight is 415 g/mol. The molecule has 1 aliphatic heterocycles. The van der Waals surface area contributed by atoms with Crippen molar-refractivity contribution < 1.29 is 13.2 Å². The SMILES string of the molecule is Cc1ccc(S(=O)(=O)N2CCCCCC2)cc1C(=O)Nc1ccccc1C(C)C. The first-order valence-electron chi connectivity index (χ1n) is 10.3. The number of nitrogens with zero attached hydrogens (tertiary/aromatic N) is 1. The van der Waals surface area contributed by atoms with Crippen molar-refractivity contribution in [3.63, 3.8) is 0 Å². The molecule has 156 valence electrons. The first-order valence-corrected chi connectivity index (χ1v) is 11.8. The molecule has 0 unspecified atom stereocenters. The molecule has 0 spiro atoms. The Morgan fingerprint density at radius 2 is 1.66 bits per heavy atom. The van der Waals surface area contributed by atoms with E-state index in [0.717, 1.165) is 42.5 Å². The number of amides is 1. The largest absolute Gasteiger partial charge is 0.322 e. The summed E-state index contributed by atoms with van der Waals surface area (Å²) in [6.45, 7) is 7.06. The highest BCUT2D eigenvalue weighted by atomic mass is 32.2. The Morgan fingerprint density at radius 1 is 1.00 bits per heavy atom. The van der Waals surface area contributed by atoms with Crippen molar-refractivity contribution in [2.24, 2.45) is 0 Å². The second-order valence-electron chi connectivity index (χ2n) is 7.99. The minimum atomic E-state index is -3.60. The van der Waals surface area contributed by atoms with Crippen LogP contribution in [0.15, 0.2) is 47.4 Å². The molecule has 2 aromatic rings. The molecule has 3 rings (SSSR count). The van der Waals surface area contributed by atoms with Crippen molar-refractivity contribution in [2.75, 3.05) is 18.4 Å². The molecule has 0 atom stereocenters. The lowest BCUT2D eigenvalue weighted by Gasteiger charge is -2.21. The Labute approximate surface area is 174 Å². The van der Waals surface area contributed by atoms with Crippen LogP contribution in [0.4, 0.5) is 5.69 Å². The molecule has 0 aromatic heterocycles. The van der Waals surface area contributed by atoms with Gasteiger partial charge in [0.1, 0.15) is 0 Å². The van der Waals surface area contributed by atoms with Crippen LogP contribution < -0.4 is 5.32 Å². The predicted octanol–water partition coefficient (Wildman–Crippen LogP) is 4.94. The van der Waals surface area contributed by atoms with E-state index in [-0.39, 0.29) is 16.7 Å². The van der Waals surface area contributed by atoms with Crippen LogP contribution in [0.25, 0.3) is 0 Å². The first kappa shape index (κ1) is 21.5. The Bertz CT molecular complexity index is 975. The Kier molecular flexibility index (Phi) is 6.75. The number of sulfonamides is 1. The number of benzene rings is 2. The zero-order valence-corrected chi connectivity index (χ0v) is 18.3. The maximum absolute atomic E-state index is 13.1. The van der Waals surface area contributed by atoms with Gasteiger partial charge in [0, 0.05) is 24.3 Å². The Morgan fingerprint density at radius 3 is 2.31 bits per heavy atom. The third-order valence-corrected chi connectivity index (χ3v) is 7.38. The van der Waals surface area contributed by atoms with Gasteiger partial charge in [0.15, 0.2) is 0 Å². The molecular weight excluding hydrogens is 384 g/mol. The summed E-state index contributed by atoms with van der Waals surface area (Å²) in [7, 11) is -3.60. The van der Waals surface area contributed by atoms with Gasteiger partial charge in [-0.3, -0.25) is 4.79 Å². The first-order chi connectivity index (χ1) is 13.8. The highest BCUT2D eigenvalue weighted by Crippen LogP contribution is 2.26. The van der Waals surface area contributed by atoms with Gasteiger partial charge in [-0.15, -0.1) is 0 Å². The number of hydrogen-bond donors (Lipinski definition) is 1. The molecule has 1 amide bonds. The Hall–Kier alpha value is -2.18. The third kappa shape index (κ3) is 4.87. The van der Waals surface area contributed by atoms with Gasteiger partial charge in [-0.2, -0.15) is 4.31 Å². The van der Waals surface area contributed by atoms with Crippen molar-refractivity contribution in [1.82, 2.24) is 4.31 Å². The van der Waals surface area contributed by atoms with E-state index in [0.29, 0.717) is 18.7 Å². The molecule has 1 N–H and O–H groups in total. The number of aryl methyl sites for hydroxylation is 1. The van der Waals surface area contributed by atoms with E-state index in [1.807, 2.05) is 31.2 Å². The summed E-state index contributed by atoms with van der Waals surface area (Å²) in [5, 5.41) is 2.97. The van der Waals surface area contributed by atoms with Crippen LogP contribution in [0.3, 0.4) is 0 Å². The van der Waals surface area contributed by atoms with Crippen LogP contribution in [0.2, 0.25) is 0 Å². The summed E-state index contributed by atoms with van der Waals surface area (Å²) >= 11 is 0. The van der Waals surface area contributed by atoms with Gasteiger partial charge < -0.3 is 5.32 Å². The van der Waals surface area contributed by atoms with E-state index in [2.05, 4.69) is 19.2 Å². The van der Waals surface area contributed by atoms with Crippen LogP contribution in [-0.2, 0) is 10.0 Å². The molecule has 5 nitrogen and oxygen atoms in total. The van der Waals surface area contributed by atoms with Gasteiger partial charge >= 0.3 is 0 Å². The van der Waals surface area contributed by atoms with Crippen molar-refractivity contribution in [3.05, 3.63) is 59.2 Å². The molecule has 29 heavy (non-hydrogen) atoms. The van der Waals surface area contributed by atoms with Gasteiger partial charge in [-0.05, 0) is 55.0 Å². The number of para-hydroxylation sites is 1. The van der Waals surface area contributed by atoms with Crippen LogP contribution in [0.5, 0.6) is 0 Å². The second kappa shape index (κ2) is 9.09. The van der Waals surface area contributed by atoms with Crippen molar-refractivity contribution in [2.45, 2.75) is 57.3 Å². The molecule has 6 heteroatoms. The van der Waals surface area contributed by atoms with Crippen LogP contribution >= 0.6 is 0 Å². The normalized spacial score (nSPS) is 15.9. The summed E-state index contributed by atoms with van der Waals surface area (Å²) in [5.74, 6) is -0.0224. The van der Waals surface area contributed by atoms with Crippen molar-refractivity contribution in [1.29, 1.82) is 0 Å². The van der Waals surface area contributed by atoms with E-state index in [4.69, 9.17) is 0 Å². The number of carbonyl (C=O) groups excluding carboxylic acids is 1. The summed E-state index contributed by atoms with van der Waals surface area (Å²) in [6.07, 6.45) is 3.88. The average Bonchev–Trinajstić information content (AvgIpc) is 2.98. The molecule has 0 aliphatic carbocycles. The topological polar surface area (TPSA) is 66.5 Å². The fraction of sp³-hybridized carbons (Fsp3) is 0.435. The summed E-state index contributed by atoms with van der Waals surface area (Å²) in [6, 6.07) is 12.5. The van der Waals surface area contributed by atoms with Gasteiger partial charge in [0.2, 0.25) is 10.0 Å². The fourth-order valence-corrected chi connectivity index (χ4v) is 5.29. The number of nitrogens with one attached hydrogen (secondary N) is 1. The summed E-state index contributed by atoms with van der Waals surface area (Å²) in [4.78, 5) is 13.2. The monoisotopic (exact) mass is 414 g/mol. The fourth-order valence-electron chi connectivity index (χ4n) is 3.74. The van der Waals surface area contributed by atoms with E-state index in [1.54, 1.807) is 16.4 Å². The lowest BCUT2D eigenvalue weighted by molar-refractivity contribution is 0.102. The van der Waals surface area contributed by atoms with E-state index in [9.17, 15) is 13.2 Å². The molecule has 1 saturated heterocycles. The van der Waals surface area contributed by atoms with Gasteiger partial charge in [-0.25, -0.2) is 8.42 Å². The molecule has 2 aromatic carbocycles. The molecule has 0 radical (unpaired) electrons. The highest BCUT2D eigenvalue weighted by molar-refractivity contribution is 7.89. The zero-order chi connectivity index (χ0) is 21.0. The maximum Gasteiger partial charge on any atom is 0.255 e. The zero-order valence-electron chi connectivity index (χ0n) is 17.4. The van der Waals surface area contributed by atoms with E-state index < -0.39 is 10.0 Å². The van der Waals surface area contributed by atoms with Crippen LogP contribution in [0, 0.1) is 6.92 Å². The van der Waals surface area contributed by atoms with E-state index >= 15 is 0 Å². The van der Waals surface area contributed by atoms with Crippen molar-refractivity contribution in [3.8, 4) is 0 Å². The van der Waals surface area contributed by atoms with E-state index in [1.165, 1.54) is 6.07 Å². The third-order valence-electron chi connectivity index (χ3n) is 5.49. The molecule has 1 aliphatic rings. The lowest BCUT2D eigenvalue weighted by atomic mass is 10.0. The molecule has 1 fully saturated rings. The predicted molar refractivity (Wildman–Crippen MR) is 117 cm³/mol. The smallest absolute Gasteiger partial charge is 0.255 e. The standard InChI is InChI=1S/C23H30N2O3S/c1-17(2)20-10-6-7-11-22(20)24-23(26)21-16-19(13-12-18(21)3)29(27,28)25-14-8-4-5-9-15-25/h6-7,10-13,16-17H,4-5,8-9,14-15H2,1-3H3,(H,24,26). The molecule has 1 heterocycles. The number of hydrogen-bond acceptors (Lipinski definition) is 3. The van der Waals surface area contributed by atoms with Gasteiger partial charge in [-0.1, -0.05) is 51.0 Å². The quantitative estimate of drug-likeness (QED) is 0.754. The Balaban J connectivity index is 1.90. The highest BCUT2D eigenvalue weighted by Gasteiger charge is 2.26. The lowest BCUT2D eigenvalue weighted by Crippen LogP contribution is -2.32. The van der Waals surface area contributed by atoms with Crippen molar-refractivity contribution >= 4 is 21.6 Å². The van der Waals surface area contributed by atoms with Gasteiger partial charge in [0.05, 0.1) is 4.90 Å². The number of carbonyl (C=O) groups is 1. The molecule has 0 bridgehead atoms. The number of anilines is 1. The molecule has 0 saturated carbocycles. The second-order valence-corrected chi connectivity index (χ2v) is 9.93. The van der Waals surface area contributed by atoms with Crippen LogP contribution in [0.1, 0.15) is 66.9 Å². The summed E-state index contributed by atoms with van der Waals surface area (Å²) < 4.78 is 27.8. The maximum atomic E-state index is 13.1. The summed E-state index contributed by atoms with van der Waals surface area (Å²) in [5.41, 5.74) is 2.94. The molecular formula is C23H30N2O3S.